The third-order valence-corrected chi connectivity index (χ3v) is 2.86. The molecule has 2 N–H and O–H groups in total. The molecule has 0 aliphatic heterocycles. The van der Waals surface area contributed by atoms with Gasteiger partial charge in [-0.25, -0.2) is 4.79 Å². The number of aromatic carboxylic acids is 1. The van der Waals surface area contributed by atoms with Crippen molar-refractivity contribution in [1.29, 1.82) is 0 Å². The van der Waals surface area contributed by atoms with Crippen LogP contribution in [0.3, 0.4) is 0 Å². The predicted octanol–water partition coefficient (Wildman–Crippen LogP) is 2.73. The van der Waals surface area contributed by atoms with Crippen molar-refractivity contribution in [2.24, 2.45) is 0 Å². The van der Waals surface area contributed by atoms with Crippen molar-refractivity contribution in [2.45, 2.75) is 0 Å². The highest BCUT2D eigenvalue weighted by molar-refractivity contribution is 6.34. The van der Waals surface area contributed by atoms with E-state index in [1.165, 1.54) is 30.3 Å². The van der Waals surface area contributed by atoms with Crippen molar-refractivity contribution in [2.75, 3.05) is 5.32 Å². The lowest BCUT2D eigenvalue weighted by Gasteiger charge is -2.09. The highest BCUT2D eigenvalue weighted by Crippen LogP contribution is 2.24. The monoisotopic (exact) mass is 311 g/mol. The molecule has 1 aromatic carbocycles. The van der Waals surface area contributed by atoms with Crippen LogP contribution in [0.1, 0.15) is 20.8 Å². The van der Waals surface area contributed by atoms with Crippen LogP contribution < -0.4 is 5.32 Å². The third kappa shape index (κ3) is 3.04. The number of nitrogens with one attached hydrogen (secondary N) is 1. The number of carboxylic acid groups (broad SMARTS) is 1. The number of benzene rings is 1. The molecule has 0 aliphatic carbocycles. The van der Waals surface area contributed by atoms with Crippen LogP contribution in [0.15, 0.2) is 30.3 Å². The van der Waals surface area contributed by atoms with Gasteiger partial charge in [0.2, 0.25) is 0 Å². The molecule has 0 saturated heterocycles. The molecule has 0 radical (unpaired) electrons. The smallest absolute Gasteiger partial charge is 0.339 e. The van der Waals surface area contributed by atoms with E-state index in [4.69, 9.17) is 28.3 Å². The Morgan fingerprint density at radius 3 is 2.45 bits per heavy atom. The molecule has 0 unspecified atom stereocenters. The van der Waals surface area contributed by atoms with Gasteiger partial charge in [0.15, 0.2) is 10.8 Å². The molecule has 0 aliphatic rings. The summed E-state index contributed by atoms with van der Waals surface area (Å²) in [6.45, 7) is 0. The van der Waals surface area contributed by atoms with Crippen molar-refractivity contribution < 1.29 is 14.7 Å². The molecule has 0 atom stereocenters. The summed E-state index contributed by atoms with van der Waals surface area (Å²) in [5, 5.41) is 18.8. The fraction of sp³-hybridized carbons (Fsp3) is 0. The standard InChI is InChI=1S/C12H7Cl2N3O3/c13-6-2-1-3-7(10(6)12(19)20)15-11(18)8-4-5-9(14)17-16-8/h1-5H,(H,15,18)(H,19,20). The van der Waals surface area contributed by atoms with Gasteiger partial charge in [0.05, 0.1) is 10.7 Å². The van der Waals surface area contributed by atoms with Crippen molar-refractivity contribution in [3.8, 4) is 0 Å². The summed E-state index contributed by atoms with van der Waals surface area (Å²) in [6.07, 6.45) is 0. The van der Waals surface area contributed by atoms with Gasteiger partial charge < -0.3 is 10.4 Å². The van der Waals surface area contributed by atoms with Crippen LogP contribution in [0.4, 0.5) is 5.69 Å². The molecule has 2 rings (SSSR count). The number of amides is 1. The molecule has 8 heteroatoms. The van der Waals surface area contributed by atoms with Crippen LogP contribution in [-0.2, 0) is 0 Å². The Hall–Kier alpha value is -2.18. The molecule has 20 heavy (non-hydrogen) atoms. The Bertz CT molecular complexity index is 674. The lowest BCUT2D eigenvalue weighted by Crippen LogP contribution is -2.16. The second-order valence-electron chi connectivity index (χ2n) is 3.66. The summed E-state index contributed by atoms with van der Waals surface area (Å²) >= 11 is 11.4. The van der Waals surface area contributed by atoms with Gasteiger partial charge in [-0.15, -0.1) is 10.2 Å². The number of nitrogens with zero attached hydrogens (tertiary/aromatic N) is 2. The number of carboxylic acids is 1. The summed E-state index contributed by atoms with van der Waals surface area (Å²) in [5.74, 6) is -1.85. The minimum Gasteiger partial charge on any atom is -0.478 e. The number of hydrogen-bond donors (Lipinski definition) is 2. The van der Waals surface area contributed by atoms with E-state index in [-0.39, 0.29) is 27.1 Å². The summed E-state index contributed by atoms with van der Waals surface area (Å²) in [4.78, 5) is 23.0. The Labute approximate surface area is 123 Å². The van der Waals surface area contributed by atoms with E-state index in [9.17, 15) is 9.59 Å². The molecule has 0 bridgehead atoms. The van der Waals surface area contributed by atoms with Gasteiger partial charge >= 0.3 is 5.97 Å². The van der Waals surface area contributed by atoms with Crippen LogP contribution in [-0.4, -0.2) is 27.2 Å². The minimum atomic E-state index is -1.24. The second-order valence-corrected chi connectivity index (χ2v) is 4.46. The van der Waals surface area contributed by atoms with Crippen molar-refractivity contribution in [3.63, 3.8) is 0 Å². The molecule has 6 nitrogen and oxygen atoms in total. The SMILES string of the molecule is O=C(Nc1cccc(Cl)c1C(=O)O)c1ccc(Cl)nn1. The van der Waals surface area contributed by atoms with E-state index >= 15 is 0 Å². The average Bonchev–Trinajstić information content (AvgIpc) is 2.39. The zero-order valence-corrected chi connectivity index (χ0v) is 11.3. The molecule has 2 aromatic rings. The zero-order valence-electron chi connectivity index (χ0n) is 9.80. The second kappa shape index (κ2) is 5.85. The first kappa shape index (κ1) is 14.2. The number of halogens is 2. The number of hydrogen-bond acceptors (Lipinski definition) is 4. The highest BCUT2D eigenvalue weighted by atomic mass is 35.5. The quantitative estimate of drug-likeness (QED) is 0.909. The van der Waals surface area contributed by atoms with Crippen molar-refractivity contribution in [3.05, 3.63) is 51.8 Å². The Kier molecular flexibility index (Phi) is 4.16. The van der Waals surface area contributed by atoms with Gasteiger partial charge in [-0.3, -0.25) is 4.79 Å². The summed E-state index contributed by atoms with van der Waals surface area (Å²) < 4.78 is 0. The predicted molar refractivity (Wildman–Crippen MR) is 73.4 cm³/mol. The average molecular weight is 312 g/mol. The van der Waals surface area contributed by atoms with E-state index in [0.717, 1.165) is 0 Å². The molecule has 102 valence electrons. The van der Waals surface area contributed by atoms with Crippen molar-refractivity contribution in [1.82, 2.24) is 10.2 Å². The molecular weight excluding hydrogens is 305 g/mol. The van der Waals surface area contributed by atoms with Crippen molar-refractivity contribution >= 4 is 40.8 Å². The van der Waals surface area contributed by atoms with Gasteiger partial charge in [-0.1, -0.05) is 29.3 Å². The summed E-state index contributed by atoms with van der Waals surface area (Å²) in [5.41, 5.74) is -0.109. The molecule has 1 amide bonds. The number of carbonyl (C=O) groups excluding carboxylic acids is 1. The maximum atomic E-state index is 11.9. The van der Waals surface area contributed by atoms with Crippen LogP contribution in [0.5, 0.6) is 0 Å². The topological polar surface area (TPSA) is 92.2 Å². The largest absolute Gasteiger partial charge is 0.478 e. The van der Waals surface area contributed by atoms with Gasteiger partial charge in [0, 0.05) is 0 Å². The van der Waals surface area contributed by atoms with Gasteiger partial charge in [-0.05, 0) is 24.3 Å². The van der Waals surface area contributed by atoms with Crippen LogP contribution in [0, 0.1) is 0 Å². The lowest BCUT2D eigenvalue weighted by molar-refractivity contribution is 0.0698. The number of anilines is 1. The molecule has 0 fully saturated rings. The third-order valence-electron chi connectivity index (χ3n) is 2.34. The normalized spacial score (nSPS) is 10.1. The fourth-order valence-corrected chi connectivity index (χ4v) is 1.83. The maximum Gasteiger partial charge on any atom is 0.339 e. The van der Waals surface area contributed by atoms with Gasteiger partial charge in [0.1, 0.15) is 5.56 Å². The number of aromatic nitrogens is 2. The molecule has 1 aromatic heterocycles. The highest BCUT2D eigenvalue weighted by Gasteiger charge is 2.17. The van der Waals surface area contributed by atoms with Gasteiger partial charge in [-0.2, -0.15) is 0 Å². The number of rotatable bonds is 3. The molecular formula is C12H7Cl2N3O3. The lowest BCUT2D eigenvalue weighted by atomic mass is 10.1. The summed E-state index contributed by atoms with van der Waals surface area (Å²) in [6, 6.07) is 7.15. The maximum absolute atomic E-state index is 11.9. The van der Waals surface area contributed by atoms with E-state index in [0.29, 0.717) is 0 Å². The van der Waals surface area contributed by atoms with Crippen LogP contribution >= 0.6 is 23.2 Å². The fourth-order valence-electron chi connectivity index (χ4n) is 1.47. The van der Waals surface area contributed by atoms with E-state index in [1.807, 2.05) is 0 Å². The van der Waals surface area contributed by atoms with Crippen LogP contribution in [0.2, 0.25) is 10.2 Å². The Morgan fingerprint density at radius 1 is 1.10 bits per heavy atom. The molecule has 1 heterocycles. The first-order valence-electron chi connectivity index (χ1n) is 5.31. The summed E-state index contributed by atoms with van der Waals surface area (Å²) in [7, 11) is 0. The Balaban J connectivity index is 2.30. The first-order valence-corrected chi connectivity index (χ1v) is 6.07. The van der Waals surface area contributed by atoms with Crippen LogP contribution in [0.25, 0.3) is 0 Å². The van der Waals surface area contributed by atoms with E-state index < -0.39 is 11.9 Å². The first-order chi connectivity index (χ1) is 9.49. The Morgan fingerprint density at radius 2 is 1.85 bits per heavy atom. The molecule has 0 spiro atoms. The van der Waals surface area contributed by atoms with E-state index in [1.54, 1.807) is 0 Å². The zero-order chi connectivity index (χ0) is 14.7. The van der Waals surface area contributed by atoms with E-state index in [2.05, 4.69) is 15.5 Å². The molecule has 0 saturated carbocycles. The van der Waals surface area contributed by atoms with Gasteiger partial charge in [0.25, 0.3) is 5.91 Å². The number of carbonyl (C=O) groups is 2. The minimum absolute atomic E-state index is 0.00529.